The summed E-state index contributed by atoms with van der Waals surface area (Å²) in [6.45, 7) is 0. The van der Waals surface area contributed by atoms with Gasteiger partial charge < -0.3 is 9.47 Å². The van der Waals surface area contributed by atoms with Crippen molar-refractivity contribution in [3.05, 3.63) is 231 Å². The van der Waals surface area contributed by atoms with Crippen LogP contribution in [0.15, 0.2) is 231 Å². The average molecular weight is 739 g/mol. The first-order valence-electron chi connectivity index (χ1n) is 19.9. The van der Waals surface area contributed by atoms with E-state index in [9.17, 15) is 0 Å². The van der Waals surface area contributed by atoms with Gasteiger partial charge in [0.2, 0.25) is 0 Å². The summed E-state index contributed by atoms with van der Waals surface area (Å²) in [4.78, 5) is 2.42. The van der Waals surface area contributed by atoms with E-state index in [1.165, 1.54) is 76.7 Å². The minimum absolute atomic E-state index is 1.10. The fraction of sp³-hybridized carbons (Fsp3) is 0. The molecule has 0 aliphatic rings. The van der Waals surface area contributed by atoms with Crippen molar-refractivity contribution in [3.8, 4) is 39.1 Å². The molecule has 0 N–H and O–H groups in total. The van der Waals surface area contributed by atoms with Crippen LogP contribution < -0.4 is 4.90 Å². The minimum atomic E-state index is 1.10. The maximum Gasteiger partial charge on any atom is 0.0562 e. The summed E-state index contributed by atoms with van der Waals surface area (Å²) in [5, 5.41) is 7.42. The van der Waals surface area contributed by atoms with E-state index in [-0.39, 0.29) is 0 Å². The Labute approximate surface area is 338 Å². The predicted octanol–water partition coefficient (Wildman–Crippen LogP) is 15.6. The lowest BCUT2D eigenvalue weighted by atomic mass is 9.96. The van der Waals surface area contributed by atoms with Gasteiger partial charge in [0.05, 0.1) is 16.7 Å². The Kier molecular flexibility index (Phi) is 8.19. The van der Waals surface area contributed by atoms with Crippen molar-refractivity contribution in [3.63, 3.8) is 0 Å². The molecule has 0 unspecified atom stereocenters. The summed E-state index contributed by atoms with van der Waals surface area (Å²) < 4.78 is 2.39. The van der Waals surface area contributed by atoms with Crippen molar-refractivity contribution in [2.75, 3.05) is 4.90 Å². The highest BCUT2D eigenvalue weighted by Gasteiger charge is 2.21. The topological polar surface area (TPSA) is 8.17 Å². The van der Waals surface area contributed by atoms with Crippen LogP contribution in [0.1, 0.15) is 0 Å². The van der Waals surface area contributed by atoms with E-state index in [0.29, 0.717) is 0 Å². The molecule has 0 amide bonds. The largest absolute Gasteiger partial charge is 0.310 e. The van der Waals surface area contributed by atoms with Crippen molar-refractivity contribution in [1.82, 2.24) is 4.57 Å². The maximum absolute atomic E-state index is 2.42. The lowest BCUT2D eigenvalue weighted by Crippen LogP contribution is -2.10. The zero-order valence-corrected chi connectivity index (χ0v) is 31.8. The molecule has 2 heteroatoms. The van der Waals surface area contributed by atoms with Crippen LogP contribution in [-0.4, -0.2) is 4.57 Å². The lowest BCUT2D eigenvalue weighted by molar-refractivity contribution is 1.18. The molecule has 0 saturated heterocycles. The number of nitrogens with zero attached hydrogens (tertiary/aromatic N) is 2. The second-order valence-corrected chi connectivity index (χ2v) is 15.0. The summed E-state index contributed by atoms with van der Waals surface area (Å²) in [7, 11) is 0. The molecule has 10 aromatic carbocycles. The number of para-hydroxylation sites is 2. The van der Waals surface area contributed by atoms with Gasteiger partial charge in [0, 0.05) is 27.8 Å². The summed E-state index contributed by atoms with van der Waals surface area (Å²) in [6, 6.07) is 83.7. The molecule has 1 heterocycles. The number of hydrogen-bond acceptors (Lipinski definition) is 1. The highest BCUT2D eigenvalue weighted by Crippen LogP contribution is 2.44. The van der Waals surface area contributed by atoms with E-state index in [4.69, 9.17) is 0 Å². The van der Waals surface area contributed by atoms with Gasteiger partial charge in [-0.05, 0) is 128 Å². The van der Waals surface area contributed by atoms with Crippen molar-refractivity contribution >= 4 is 60.4 Å². The Hall–Kier alpha value is -7.68. The van der Waals surface area contributed by atoms with Crippen molar-refractivity contribution in [2.45, 2.75) is 0 Å². The molecule has 0 saturated carbocycles. The lowest BCUT2D eigenvalue weighted by Gasteiger charge is -2.27. The summed E-state index contributed by atoms with van der Waals surface area (Å²) >= 11 is 0. The Balaban J connectivity index is 1.03. The summed E-state index contributed by atoms with van der Waals surface area (Å²) in [5.41, 5.74) is 14.1. The number of hydrogen-bond donors (Lipinski definition) is 0. The third kappa shape index (κ3) is 5.91. The number of rotatable bonds is 7. The van der Waals surface area contributed by atoms with Crippen LogP contribution in [0.25, 0.3) is 82.4 Å². The number of anilines is 3. The van der Waals surface area contributed by atoms with Crippen LogP contribution in [0.4, 0.5) is 17.1 Å². The van der Waals surface area contributed by atoms with Crippen LogP contribution in [-0.2, 0) is 0 Å². The van der Waals surface area contributed by atoms with Gasteiger partial charge in [-0.1, -0.05) is 158 Å². The SMILES string of the molecule is c1ccc(-c2ccc(N(c3ccc(-c4ccc5ccc(-c6ccc7ccccc7c6)cc5c4)cc3)c3cccc4c3c3ccccc3n4-c3ccccc3)cc2)cc1. The highest BCUT2D eigenvalue weighted by atomic mass is 15.1. The molecule has 0 radical (unpaired) electrons. The molecular weight excluding hydrogens is 701 g/mol. The van der Waals surface area contributed by atoms with Gasteiger partial charge in [0.15, 0.2) is 0 Å². The second kappa shape index (κ2) is 14.1. The molecule has 0 aliphatic carbocycles. The fourth-order valence-electron chi connectivity index (χ4n) is 8.68. The first kappa shape index (κ1) is 33.6. The molecule has 11 rings (SSSR count). The molecule has 0 bridgehead atoms. The number of fused-ring (bicyclic) bond motifs is 5. The molecule has 272 valence electrons. The summed E-state index contributed by atoms with van der Waals surface area (Å²) in [5.74, 6) is 0. The minimum Gasteiger partial charge on any atom is -0.310 e. The average Bonchev–Trinajstić information content (AvgIpc) is 3.65. The fourth-order valence-corrected chi connectivity index (χ4v) is 8.68. The Bertz CT molecular complexity index is 3250. The smallest absolute Gasteiger partial charge is 0.0562 e. The Morgan fingerprint density at radius 1 is 0.293 bits per heavy atom. The van der Waals surface area contributed by atoms with Gasteiger partial charge in [-0.15, -0.1) is 0 Å². The van der Waals surface area contributed by atoms with E-state index in [1.54, 1.807) is 0 Å². The van der Waals surface area contributed by atoms with Crippen LogP contribution in [0, 0.1) is 0 Å². The van der Waals surface area contributed by atoms with E-state index in [2.05, 4.69) is 240 Å². The molecule has 11 aromatic rings. The van der Waals surface area contributed by atoms with Gasteiger partial charge in [0.25, 0.3) is 0 Å². The molecule has 0 fully saturated rings. The third-order valence-electron chi connectivity index (χ3n) is 11.5. The first-order chi connectivity index (χ1) is 28.7. The van der Waals surface area contributed by atoms with Crippen molar-refractivity contribution < 1.29 is 0 Å². The Morgan fingerprint density at radius 3 is 1.43 bits per heavy atom. The van der Waals surface area contributed by atoms with Gasteiger partial charge in [-0.25, -0.2) is 0 Å². The van der Waals surface area contributed by atoms with Crippen molar-refractivity contribution in [2.24, 2.45) is 0 Å². The van der Waals surface area contributed by atoms with Gasteiger partial charge >= 0.3 is 0 Å². The molecule has 0 aliphatic heterocycles. The Morgan fingerprint density at radius 2 is 0.759 bits per heavy atom. The molecular formula is C56H38N2. The number of aromatic nitrogens is 1. The maximum atomic E-state index is 2.42. The predicted molar refractivity (Wildman–Crippen MR) is 247 cm³/mol. The van der Waals surface area contributed by atoms with E-state index >= 15 is 0 Å². The normalized spacial score (nSPS) is 11.4. The van der Waals surface area contributed by atoms with Crippen molar-refractivity contribution in [1.29, 1.82) is 0 Å². The van der Waals surface area contributed by atoms with E-state index in [0.717, 1.165) is 22.7 Å². The standard InChI is InChI=1S/C56H38N2/c1-3-12-39(13-4-1)41-28-32-50(33-29-41)57(54-20-11-21-55-56(54)52-18-9-10-19-53(52)58(55)49-16-5-2-6-17-49)51-34-30-42(31-35-51)45-25-23-43-24-27-47(38-48(43)37-45)46-26-22-40-14-7-8-15-44(40)36-46/h1-38H. The third-order valence-corrected chi connectivity index (χ3v) is 11.5. The van der Waals surface area contributed by atoms with Crippen LogP contribution in [0.5, 0.6) is 0 Å². The molecule has 2 nitrogen and oxygen atoms in total. The van der Waals surface area contributed by atoms with Crippen LogP contribution >= 0.6 is 0 Å². The molecule has 0 spiro atoms. The molecule has 0 atom stereocenters. The quantitative estimate of drug-likeness (QED) is 0.158. The second-order valence-electron chi connectivity index (χ2n) is 15.0. The molecule has 1 aromatic heterocycles. The van der Waals surface area contributed by atoms with Gasteiger partial charge in [0.1, 0.15) is 0 Å². The zero-order valence-electron chi connectivity index (χ0n) is 31.8. The van der Waals surface area contributed by atoms with E-state index < -0.39 is 0 Å². The first-order valence-corrected chi connectivity index (χ1v) is 19.9. The van der Waals surface area contributed by atoms with Gasteiger partial charge in [-0.2, -0.15) is 0 Å². The molecule has 58 heavy (non-hydrogen) atoms. The zero-order chi connectivity index (χ0) is 38.4. The highest BCUT2D eigenvalue weighted by molar-refractivity contribution is 6.16. The van der Waals surface area contributed by atoms with E-state index in [1.807, 2.05) is 0 Å². The van der Waals surface area contributed by atoms with Gasteiger partial charge in [-0.3, -0.25) is 0 Å². The monoisotopic (exact) mass is 738 g/mol. The van der Waals surface area contributed by atoms with Crippen LogP contribution in [0.3, 0.4) is 0 Å². The summed E-state index contributed by atoms with van der Waals surface area (Å²) in [6.07, 6.45) is 0. The van der Waals surface area contributed by atoms with Crippen LogP contribution in [0.2, 0.25) is 0 Å². The number of benzene rings is 10.